The van der Waals surface area contributed by atoms with Gasteiger partial charge in [-0.1, -0.05) is 6.92 Å². The van der Waals surface area contributed by atoms with Crippen LogP contribution in [0.15, 0.2) is 17.4 Å². The van der Waals surface area contributed by atoms with Crippen molar-refractivity contribution in [2.24, 2.45) is 0 Å². The van der Waals surface area contributed by atoms with E-state index in [2.05, 4.69) is 27.5 Å². The van der Waals surface area contributed by atoms with Gasteiger partial charge in [0.05, 0.1) is 0 Å². The summed E-state index contributed by atoms with van der Waals surface area (Å²) in [5.41, 5.74) is 0. The lowest BCUT2D eigenvalue weighted by Gasteiger charge is -2.06. The maximum absolute atomic E-state index is 4.15. The third-order valence-electron chi connectivity index (χ3n) is 1.94. The van der Waals surface area contributed by atoms with Crippen molar-refractivity contribution in [1.29, 1.82) is 0 Å². The van der Waals surface area contributed by atoms with E-state index in [1.165, 1.54) is 0 Å². The lowest BCUT2D eigenvalue weighted by molar-refractivity contribution is 0.688. The molecular formula is C10H18N4S. The quantitative estimate of drug-likeness (QED) is 0.420. The van der Waals surface area contributed by atoms with Crippen molar-refractivity contribution in [2.45, 2.75) is 18.4 Å². The number of anilines is 1. The Morgan fingerprint density at radius 1 is 1.33 bits per heavy atom. The van der Waals surface area contributed by atoms with E-state index in [9.17, 15) is 0 Å². The van der Waals surface area contributed by atoms with Gasteiger partial charge in [0.25, 0.3) is 0 Å². The Labute approximate surface area is 95.3 Å². The van der Waals surface area contributed by atoms with Crippen LogP contribution in [0.4, 0.5) is 5.82 Å². The molecule has 0 aliphatic heterocycles. The Kier molecular flexibility index (Phi) is 6.11. The maximum atomic E-state index is 4.15. The Morgan fingerprint density at radius 2 is 2.20 bits per heavy atom. The van der Waals surface area contributed by atoms with Crippen molar-refractivity contribution in [1.82, 2.24) is 15.3 Å². The van der Waals surface area contributed by atoms with Crippen molar-refractivity contribution in [3.63, 3.8) is 0 Å². The molecule has 0 unspecified atom stereocenters. The summed E-state index contributed by atoms with van der Waals surface area (Å²) in [5, 5.41) is 7.55. The highest BCUT2D eigenvalue weighted by atomic mass is 32.2. The van der Waals surface area contributed by atoms with Crippen LogP contribution in [0, 0.1) is 0 Å². The van der Waals surface area contributed by atoms with Gasteiger partial charge in [-0.2, -0.15) is 0 Å². The second kappa shape index (κ2) is 7.48. The first-order valence-electron chi connectivity index (χ1n) is 5.17. The highest BCUT2D eigenvalue weighted by Gasteiger charge is 1.96. The van der Waals surface area contributed by atoms with Crippen LogP contribution < -0.4 is 10.6 Å². The fraction of sp³-hybridized carbons (Fsp3) is 0.600. The molecule has 1 aromatic rings. The molecule has 1 heterocycles. The van der Waals surface area contributed by atoms with E-state index < -0.39 is 0 Å². The van der Waals surface area contributed by atoms with Gasteiger partial charge in [0.2, 0.25) is 0 Å². The van der Waals surface area contributed by atoms with Crippen molar-refractivity contribution in [3.8, 4) is 0 Å². The van der Waals surface area contributed by atoms with Crippen LogP contribution in [0.2, 0.25) is 0 Å². The molecule has 0 radical (unpaired) electrons. The number of aromatic nitrogens is 2. The van der Waals surface area contributed by atoms with E-state index in [1.807, 2.05) is 12.3 Å². The smallest absolute Gasteiger partial charge is 0.130 e. The van der Waals surface area contributed by atoms with Gasteiger partial charge in [0.15, 0.2) is 0 Å². The average Bonchev–Trinajstić information content (AvgIpc) is 2.29. The minimum absolute atomic E-state index is 0.908. The summed E-state index contributed by atoms with van der Waals surface area (Å²) >= 11 is 1.63. The van der Waals surface area contributed by atoms with Gasteiger partial charge < -0.3 is 10.6 Å². The third kappa shape index (κ3) is 4.99. The molecule has 0 aliphatic carbocycles. The average molecular weight is 226 g/mol. The highest BCUT2D eigenvalue weighted by molar-refractivity contribution is 7.98. The number of thioether (sulfide) groups is 1. The van der Waals surface area contributed by atoms with E-state index in [1.54, 1.807) is 18.1 Å². The molecule has 5 heteroatoms. The summed E-state index contributed by atoms with van der Waals surface area (Å²) < 4.78 is 0. The number of hydrogen-bond donors (Lipinski definition) is 2. The number of hydrogen-bond acceptors (Lipinski definition) is 5. The first-order valence-corrected chi connectivity index (χ1v) is 6.40. The zero-order valence-electron chi connectivity index (χ0n) is 9.29. The molecule has 0 amide bonds. The Morgan fingerprint density at radius 3 is 2.93 bits per heavy atom. The lowest BCUT2D eigenvalue weighted by atomic mass is 10.4. The summed E-state index contributed by atoms with van der Waals surface area (Å²) in [6.07, 6.45) is 4.71. The van der Waals surface area contributed by atoms with Gasteiger partial charge in [-0.05, 0) is 25.8 Å². The molecule has 0 atom stereocenters. The van der Waals surface area contributed by atoms with E-state index in [4.69, 9.17) is 0 Å². The van der Waals surface area contributed by atoms with E-state index >= 15 is 0 Å². The highest BCUT2D eigenvalue weighted by Crippen LogP contribution is 2.13. The number of nitrogens with zero attached hydrogens (tertiary/aromatic N) is 2. The van der Waals surface area contributed by atoms with Crippen LogP contribution >= 0.6 is 11.8 Å². The summed E-state index contributed by atoms with van der Waals surface area (Å²) in [7, 11) is 0. The zero-order chi connectivity index (χ0) is 10.9. The molecule has 2 N–H and O–H groups in total. The third-order valence-corrected chi connectivity index (χ3v) is 2.58. The van der Waals surface area contributed by atoms with Crippen LogP contribution in [0.5, 0.6) is 0 Å². The molecule has 0 aliphatic rings. The fourth-order valence-corrected chi connectivity index (χ4v) is 1.54. The normalized spacial score (nSPS) is 10.3. The molecule has 84 valence electrons. The van der Waals surface area contributed by atoms with E-state index in [0.717, 1.165) is 36.9 Å². The molecular weight excluding hydrogens is 208 g/mol. The second-order valence-electron chi connectivity index (χ2n) is 3.08. The van der Waals surface area contributed by atoms with Gasteiger partial charge in [0.1, 0.15) is 17.2 Å². The molecule has 0 saturated heterocycles. The molecule has 4 nitrogen and oxygen atoms in total. The Bertz CT molecular complexity index is 280. The second-order valence-corrected chi connectivity index (χ2v) is 3.91. The summed E-state index contributed by atoms with van der Waals surface area (Å²) in [4.78, 5) is 8.26. The van der Waals surface area contributed by atoms with Crippen LogP contribution in [-0.2, 0) is 0 Å². The predicted octanol–water partition coefficient (Wildman–Crippen LogP) is 1.61. The lowest BCUT2D eigenvalue weighted by Crippen LogP contribution is -2.17. The summed E-state index contributed by atoms with van der Waals surface area (Å²) in [5.74, 6) is 0.908. The topological polar surface area (TPSA) is 49.8 Å². The predicted molar refractivity (Wildman–Crippen MR) is 65.5 cm³/mol. The standard InChI is InChI=1S/C10H18N4S/c1-3-11-5-4-6-12-9-7-10(15-2)14-8-13-9/h7-8,11H,3-6H2,1-2H3,(H,12,13,14). The van der Waals surface area contributed by atoms with E-state index in [-0.39, 0.29) is 0 Å². The SMILES string of the molecule is CCNCCCNc1cc(SC)ncn1. The van der Waals surface area contributed by atoms with Gasteiger partial charge in [-0.25, -0.2) is 9.97 Å². The van der Waals surface area contributed by atoms with Crippen molar-refractivity contribution in [3.05, 3.63) is 12.4 Å². The molecule has 0 aromatic carbocycles. The first kappa shape index (κ1) is 12.3. The molecule has 0 saturated carbocycles. The molecule has 1 aromatic heterocycles. The van der Waals surface area contributed by atoms with Gasteiger partial charge >= 0.3 is 0 Å². The molecule has 15 heavy (non-hydrogen) atoms. The number of nitrogens with one attached hydrogen (secondary N) is 2. The zero-order valence-corrected chi connectivity index (χ0v) is 10.1. The van der Waals surface area contributed by atoms with Gasteiger partial charge in [0, 0.05) is 12.6 Å². The van der Waals surface area contributed by atoms with Crippen LogP contribution in [0.25, 0.3) is 0 Å². The summed E-state index contributed by atoms with van der Waals surface area (Å²) in [6.45, 7) is 5.13. The fourth-order valence-electron chi connectivity index (χ4n) is 1.15. The molecule has 1 rings (SSSR count). The minimum Gasteiger partial charge on any atom is -0.370 e. The Balaban J connectivity index is 2.24. The number of rotatable bonds is 7. The molecule has 0 spiro atoms. The van der Waals surface area contributed by atoms with Gasteiger partial charge in [-0.15, -0.1) is 11.8 Å². The van der Waals surface area contributed by atoms with E-state index in [0.29, 0.717) is 0 Å². The minimum atomic E-state index is 0.908. The Hall–Kier alpha value is -0.810. The van der Waals surface area contributed by atoms with Gasteiger partial charge in [-0.3, -0.25) is 0 Å². The van der Waals surface area contributed by atoms with Crippen molar-refractivity contribution >= 4 is 17.6 Å². The largest absolute Gasteiger partial charge is 0.370 e. The summed E-state index contributed by atoms with van der Waals surface area (Å²) in [6, 6.07) is 1.97. The molecule has 0 bridgehead atoms. The van der Waals surface area contributed by atoms with Crippen molar-refractivity contribution < 1.29 is 0 Å². The maximum Gasteiger partial charge on any atom is 0.130 e. The van der Waals surface area contributed by atoms with Crippen LogP contribution in [0.1, 0.15) is 13.3 Å². The van der Waals surface area contributed by atoms with Crippen LogP contribution in [-0.4, -0.2) is 35.9 Å². The van der Waals surface area contributed by atoms with Crippen LogP contribution in [0.3, 0.4) is 0 Å². The molecule has 0 fully saturated rings. The monoisotopic (exact) mass is 226 g/mol. The first-order chi connectivity index (χ1) is 7.36. The van der Waals surface area contributed by atoms with Crippen molar-refractivity contribution in [2.75, 3.05) is 31.2 Å².